The molecule has 1 aliphatic rings. The second-order valence-corrected chi connectivity index (χ2v) is 5.06. The first-order chi connectivity index (χ1) is 5.63. The molecular formula is C12H24. The highest BCUT2D eigenvalue weighted by Crippen LogP contribution is 2.43. The summed E-state index contributed by atoms with van der Waals surface area (Å²) >= 11 is 0. The fraction of sp³-hybridized carbons (Fsp3) is 1.00. The molecule has 1 saturated carbocycles. The molecule has 1 fully saturated rings. The lowest BCUT2D eigenvalue weighted by Crippen LogP contribution is -2.03. The first kappa shape index (κ1) is 10.1. The Morgan fingerprint density at radius 3 is 2.25 bits per heavy atom. The van der Waals surface area contributed by atoms with Crippen LogP contribution in [0.3, 0.4) is 0 Å². The Labute approximate surface area is 77.7 Å². The molecule has 72 valence electrons. The molecule has 0 heteroatoms. The van der Waals surface area contributed by atoms with E-state index in [1.165, 1.54) is 25.7 Å². The third-order valence-corrected chi connectivity index (χ3v) is 3.48. The fourth-order valence-corrected chi connectivity index (χ4v) is 2.19. The van der Waals surface area contributed by atoms with Gasteiger partial charge in [-0.1, -0.05) is 34.1 Å². The summed E-state index contributed by atoms with van der Waals surface area (Å²) in [5.74, 6) is 4.04. The SMILES string of the molecule is CCC(C)CC(C)CC1CC1C. The van der Waals surface area contributed by atoms with Crippen molar-refractivity contribution in [2.45, 2.75) is 53.4 Å². The second-order valence-electron chi connectivity index (χ2n) is 5.06. The molecule has 0 saturated heterocycles. The Balaban J connectivity index is 2.07. The zero-order chi connectivity index (χ0) is 9.14. The van der Waals surface area contributed by atoms with E-state index >= 15 is 0 Å². The van der Waals surface area contributed by atoms with E-state index in [2.05, 4.69) is 27.7 Å². The average Bonchev–Trinajstić information content (AvgIpc) is 2.66. The molecule has 0 nitrogen and oxygen atoms in total. The Bertz CT molecular complexity index is 122. The summed E-state index contributed by atoms with van der Waals surface area (Å²) in [4.78, 5) is 0. The normalized spacial score (nSPS) is 33.0. The van der Waals surface area contributed by atoms with Gasteiger partial charge in [-0.25, -0.2) is 0 Å². The summed E-state index contributed by atoms with van der Waals surface area (Å²) in [5.41, 5.74) is 0. The number of hydrogen-bond acceptors (Lipinski definition) is 0. The molecule has 0 aromatic rings. The van der Waals surface area contributed by atoms with Crippen molar-refractivity contribution in [3.05, 3.63) is 0 Å². The van der Waals surface area contributed by atoms with Gasteiger partial charge in [0.2, 0.25) is 0 Å². The van der Waals surface area contributed by atoms with Gasteiger partial charge in [-0.2, -0.15) is 0 Å². The van der Waals surface area contributed by atoms with E-state index in [0.717, 1.165) is 23.7 Å². The summed E-state index contributed by atoms with van der Waals surface area (Å²) in [6.07, 6.45) is 5.79. The summed E-state index contributed by atoms with van der Waals surface area (Å²) in [6.45, 7) is 9.50. The second kappa shape index (κ2) is 4.30. The molecule has 0 heterocycles. The van der Waals surface area contributed by atoms with Gasteiger partial charge >= 0.3 is 0 Å². The van der Waals surface area contributed by atoms with E-state index in [4.69, 9.17) is 0 Å². The lowest BCUT2D eigenvalue weighted by atomic mass is 9.91. The predicted molar refractivity (Wildman–Crippen MR) is 55.1 cm³/mol. The van der Waals surface area contributed by atoms with Crippen LogP contribution in [0.5, 0.6) is 0 Å². The summed E-state index contributed by atoms with van der Waals surface area (Å²) in [5, 5.41) is 0. The first-order valence-electron chi connectivity index (χ1n) is 5.63. The topological polar surface area (TPSA) is 0 Å². The standard InChI is InChI=1S/C12H24/c1-5-9(2)6-10(3)7-12-8-11(12)4/h9-12H,5-8H2,1-4H3. The van der Waals surface area contributed by atoms with E-state index in [-0.39, 0.29) is 0 Å². The molecule has 0 aromatic carbocycles. The van der Waals surface area contributed by atoms with Crippen molar-refractivity contribution in [2.75, 3.05) is 0 Å². The van der Waals surface area contributed by atoms with Crippen molar-refractivity contribution < 1.29 is 0 Å². The third-order valence-electron chi connectivity index (χ3n) is 3.48. The van der Waals surface area contributed by atoms with Crippen molar-refractivity contribution in [3.63, 3.8) is 0 Å². The molecule has 0 bridgehead atoms. The highest BCUT2D eigenvalue weighted by molar-refractivity contribution is 4.83. The molecule has 0 aromatic heterocycles. The van der Waals surface area contributed by atoms with Crippen LogP contribution in [0.1, 0.15) is 53.4 Å². The molecule has 0 amide bonds. The molecule has 0 N–H and O–H groups in total. The molecule has 0 radical (unpaired) electrons. The van der Waals surface area contributed by atoms with Crippen molar-refractivity contribution in [2.24, 2.45) is 23.7 Å². The predicted octanol–water partition coefficient (Wildman–Crippen LogP) is 4.10. The van der Waals surface area contributed by atoms with Crippen LogP contribution in [0.2, 0.25) is 0 Å². The van der Waals surface area contributed by atoms with Crippen LogP contribution in [0.4, 0.5) is 0 Å². The van der Waals surface area contributed by atoms with Gasteiger partial charge in [0.15, 0.2) is 0 Å². The molecule has 0 spiro atoms. The van der Waals surface area contributed by atoms with Gasteiger partial charge in [0.1, 0.15) is 0 Å². The minimum absolute atomic E-state index is 0.939. The quantitative estimate of drug-likeness (QED) is 0.579. The zero-order valence-corrected chi connectivity index (χ0v) is 9.14. The van der Waals surface area contributed by atoms with Crippen LogP contribution in [0, 0.1) is 23.7 Å². The largest absolute Gasteiger partial charge is 0.0651 e. The van der Waals surface area contributed by atoms with Crippen LogP contribution in [0.25, 0.3) is 0 Å². The maximum Gasteiger partial charge on any atom is -0.0383 e. The Kier molecular flexibility index (Phi) is 3.61. The fourth-order valence-electron chi connectivity index (χ4n) is 2.19. The Morgan fingerprint density at radius 1 is 1.25 bits per heavy atom. The van der Waals surface area contributed by atoms with E-state index in [1.54, 1.807) is 0 Å². The highest BCUT2D eigenvalue weighted by atomic mass is 14.4. The molecule has 4 unspecified atom stereocenters. The van der Waals surface area contributed by atoms with Gasteiger partial charge in [-0.05, 0) is 42.9 Å². The van der Waals surface area contributed by atoms with E-state index in [9.17, 15) is 0 Å². The van der Waals surface area contributed by atoms with Gasteiger partial charge in [-0.3, -0.25) is 0 Å². The van der Waals surface area contributed by atoms with E-state index < -0.39 is 0 Å². The van der Waals surface area contributed by atoms with Gasteiger partial charge in [-0.15, -0.1) is 0 Å². The average molecular weight is 168 g/mol. The molecule has 0 aliphatic heterocycles. The number of hydrogen-bond donors (Lipinski definition) is 0. The van der Waals surface area contributed by atoms with Gasteiger partial charge in [0.25, 0.3) is 0 Å². The van der Waals surface area contributed by atoms with Gasteiger partial charge in [0, 0.05) is 0 Å². The van der Waals surface area contributed by atoms with Gasteiger partial charge in [0.05, 0.1) is 0 Å². The smallest absolute Gasteiger partial charge is 0.0383 e. The van der Waals surface area contributed by atoms with E-state index in [0.29, 0.717) is 0 Å². The van der Waals surface area contributed by atoms with Crippen LogP contribution in [0.15, 0.2) is 0 Å². The zero-order valence-electron chi connectivity index (χ0n) is 9.14. The molecule has 4 atom stereocenters. The monoisotopic (exact) mass is 168 g/mol. The van der Waals surface area contributed by atoms with E-state index in [1.807, 2.05) is 0 Å². The molecular weight excluding hydrogens is 144 g/mol. The Hall–Kier alpha value is 0. The lowest BCUT2D eigenvalue weighted by molar-refractivity contribution is 0.368. The Morgan fingerprint density at radius 2 is 1.83 bits per heavy atom. The van der Waals surface area contributed by atoms with Crippen LogP contribution >= 0.6 is 0 Å². The van der Waals surface area contributed by atoms with Crippen LogP contribution in [-0.4, -0.2) is 0 Å². The minimum Gasteiger partial charge on any atom is -0.0651 e. The van der Waals surface area contributed by atoms with Crippen molar-refractivity contribution >= 4 is 0 Å². The maximum absolute atomic E-state index is 2.43. The van der Waals surface area contributed by atoms with Crippen LogP contribution in [-0.2, 0) is 0 Å². The lowest BCUT2D eigenvalue weighted by Gasteiger charge is -2.15. The molecule has 1 rings (SSSR count). The maximum atomic E-state index is 2.43. The summed E-state index contributed by atoms with van der Waals surface area (Å²) in [6, 6.07) is 0. The van der Waals surface area contributed by atoms with Crippen molar-refractivity contribution in [3.8, 4) is 0 Å². The van der Waals surface area contributed by atoms with Gasteiger partial charge < -0.3 is 0 Å². The highest BCUT2D eigenvalue weighted by Gasteiger charge is 2.33. The molecule has 1 aliphatic carbocycles. The first-order valence-corrected chi connectivity index (χ1v) is 5.63. The summed E-state index contributed by atoms with van der Waals surface area (Å²) in [7, 11) is 0. The van der Waals surface area contributed by atoms with Crippen molar-refractivity contribution in [1.29, 1.82) is 0 Å². The summed E-state index contributed by atoms with van der Waals surface area (Å²) < 4.78 is 0. The van der Waals surface area contributed by atoms with Crippen molar-refractivity contribution in [1.82, 2.24) is 0 Å². The van der Waals surface area contributed by atoms with Crippen LogP contribution < -0.4 is 0 Å². The number of rotatable bonds is 5. The molecule has 12 heavy (non-hydrogen) atoms. The minimum atomic E-state index is 0.939. The third kappa shape index (κ3) is 3.16.